The van der Waals surface area contributed by atoms with Crippen LogP contribution in [-0.2, 0) is 31.4 Å². The van der Waals surface area contributed by atoms with Gasteiger partial charge < -0.3 is 25.3 Å². The van der Waals surface area contributed by atoms with E-state index in [4.69, 9.17) is 0 Å². The van der Waals surface area contributed by atoms with Crippen molar-refractivity contribution in [3.05, 3.63) is 89.6 Å². The summed E-state index contributed by atoms with van der Waals surface area (Å²) in [5.41, 5.74) is 5.73. The molecule has 1 fully saturated rings. The van der Waals surface area contributed by atoms with Crippen LogP contribution in [0.5, 0.6) is 11.5 Å². The first-order valence-corrected chi connectivity index (χ1v) is 13.2. The topological polar surface area (TPSA) is 97.1 Å². The van der Waals surface area contributed by atoms with E-state index in [0.717, 1.165) is 65.7 Å². The van der Waals surface area contributed by atoms with Crippen LogP contribution in [0.2, 0.25) is 0 Å². The Balaban J connectivity index is 1.13. The normalized spacial score (nSPS) is 15.3. The third-order valence-corrected chi connectivity index (χ3v) is 7.46. The van der Waals surface area contributed by atoms with Crippen LogP contribution < -0.4 is 15.1 Å². The highest BCUT2D eigenvalue weighted by molar-refractivity contribution is 5.99. The number of rotatable bonds is 5. The maximum absolute atomic E-state index is 13.7. The van der Waals surface area contributed by atoms with Crippen LogP contribution >= 0.6 is 0 Å². The number of amides is 1. The van der Waals surface area contributed by atoms with E-state index in [1.165, 1.54) is 6.07 Å². The summed E-state index contributed by atoms with van der Waals surface area (Å²) in [6, 6.07) is 20.9. The predicted octanol–water partition coefficient (Wildman–Crippen LogP) is 3.99. The molecule has 2 aliphatic heterocycles. The van der Waals surface area contributed by atoms with E-state index in [2.05, 4.69) is 32.3 Å². The molecule has 0 unspecified atom stereocenters. The second kappa shape index (κ2) is 10.3. The van der Waals surface area contributed by atoms with Crippen LogP contribution in [-0.4, -0.2) is 57.0 Å². The molecule has 1 aromatic heterocycles. The van der Waals surface area contributed by atoms with Crippen LogP contribution in [0.1, 0.15) is 16.7 Å². The number of benzene rings is 3. The molecule has 3 aromatic carbocycles. The summed E-state index contributed by atoms with van der Waals surface area (Å²) in [6.45, 7) is 4.59. The van der Waals surface area contributed by atoms with E-state index < -0.39 is 0 Å². The molecular formula is C30H32N6O3. The maximum Gasteiger partial charge on any atom is 0.231 e. The highest BCUT2D eigenvalue weighted by Crippen LogP contribution is 2.35. The standard InChI is InChI=1S/C30H32N6O3/c1-33-30-23(18-31-33)20-36(28-8-3-2-7-27(28)32-30)29(39)16-21-5-4-6-24(13-21)35-11-9-34(10-12-35)19-22-14-25(37)17-26(38)15-22/h2-8,13-15,17-18,32,37-38H,9-12,16,19-20H2,1H3. The third-order valence-electron chi connectivity index (χ3n) is 7.46. The van der Waals surface area contributed by atoms with Crippen molar-refractivity contribution in [2.45, 2.75) is 19.5 Å². The van der Waals surface area contributed by atoms with Gasteiger partial charge in [-0.25, -0.2) is 0 Å². The van der Waals surface area contributed by atoms with Crippen molar-refractivity contribution in [3.8, 4) is 11.5 Å². The lowest BCUT2D eigenvalue weighted by molar-refractivity contribution is -0.118. The molecule has 39 heavy (non-hydrogen) atoms. The van der Waals surface area contributed by atoms with E-state index in [-0.39, 0.29) is 17.4 Å². The van der Waals surface area contributed by atoms with Crippen LogP contribution in [0.25, 0.3) is 0 Å². The number of carbonyl (C=O) groups excluding carboxylic acids is 1. The fourth-order valence-electron chi connectivity index (χ4n) is 5.48. The molecule has 0 aliphatic carbocycles. The van der Waals surface area contributed by atoms with Gasteiger partial charge in [-0.2, -0.15) is 5.10 Å². The minimum absolute atomic E-state index is 0.0392. The molecule has 0 bridgehead atoms. The van der Waals surface area contributed by atoms with Gasteiger partial charge in [0.1, 0.15) is 17.3 Å². The Morgan fingerprint density at radius 1 is 0.923 bits per heavy atom. The number of aryl methyl sites for hydroxylation is 1. The number of para-hydroxylation sites is 2. The minimum Gasteiger partial charge on any atom is -0.508 e. The van der Waals surface area contributed by atoms with E-state index in [1.807, 2.05) is 54.5 Å². The zero-order valence-electron chi connectivity index (χ0n) is 21.9. The number of phenolic OH excluding ortho intramolecular Hbond substituents is 2. The molecule has 200 valence electrons. The van der Waals surface area contributed by atoms with Crippen LogP contribution in [0.15, 0.2) is 72.9 Å². The summed E-state index contributed by atoms with van der Waals surface area (Å²) in [5.74, 6) is 1.10. The number of anilines is 4. The van der Waals surface area contributed by atoms with Crippen molar-refractivity contribution in [2.24, 2.45) is 7.05 Å². The van der Waals surface area contributed by atoms with Gasteiger partial charge in [-0.1, -0.05) is 24.3 Å². The third kappa shape index (κ3) is 5.26. The summed E-state index contributed by atoms with van der Waals surface area (Å²) in [5, 5.41) is 27.4. The number of hydrogen-bond donors (Lipinski definition) is 3. The number of piperazine rings is 1. The van der Waals surface area contributed by atoms with Crippen LogP contribution in [0.3, 0.4) is 0 Å². The Morgan fingerprint density at radius 2 is 1.69 bits per heavy atom. The largest absolute Gasteiger partial charge is 0.508 e. The molecule has 9 nitrogen and oxygen atoms in total. The quantitative estimate of drug-likeness (QED) is 0.363. The Morgan fingerprint density at radius 3 is 2.49 bits per heavy atom. The second-order valence-electron chi connectivity index (χ2n) is 10.2. The molecule has 1 saturated heterocycles. The number of fused-ring (bicyclic) bond motifs is 2. The molecule has 0 saturated carbocycles. The van der Waals surface area contributed by atoms with Crippen LogP contribution in [0.4, 0.5) is 22.9 Å². The van der Waals surface area contributed by atoms with Crippen molar-refractivity contribution < 1.29 is 15.0 Å². The molecule has 1 amide bonds. The molecule has 0 spiro atoms. The van der Waals surface area contributed by atoms with Gasteiger partial charge in [0.25, 0.3) is 0 Å². The summed E-state index contributed by atoms with van der Waals surface area (Å²) >= 11 is 0. The maximum atomic E-state index is 13.7. The average molecular weight is 525 g/mol. The fraction of sp³-hybridized carbons (Fsp3) is 0.267. The number of phenols is 2. The molecule has 3 heterocycles. The minimum atomic E-state index is 0.0392. The van der Waals surface area contributed by atoms with E-state index in [1.54, 1.807) is 16.8 Å². The zero-order valence-corrected chi connectivity index (χ0v) is 21.9. The lowest BCUT2D eigenvalue weighted by Gasteiger charge is -2.36. The number of nitrogens with one attached hydrogen (secondary N) is 1. The molecular weight excluding hydrogens is 492 g/mol. The smallest absolute Gasteiger partial charge is 0.231 e. The number of carbonyl (C=O) groups is 1. The van der Waals surface area contributed by atoms with Gasteiger partial charge >= 0.3 is 0 Å². The molecule has 9 heteroatoms. The summed E-state index contributed by atoms with van der Waals surface area (Å²) in [6.07, 6.45) is 2.12. The number of aromatic hydroxyl groups is 2. The van der Waals surface area contributed by atoms with Gasteiger partial charge in [-0.3, -0.25) is 14.4 Å². The van der Waals surface area contributed by atoms with Crippen molar-refractivity contribution in [3.63, 3.8) is 0 Å². The van der Waals surface area contributed by atoms with E-state index in [9.17, 15) is 15.0 Å². The summed E-state index contributed by atoms with van der Waals surface area (Å²) in [4.78, 5) is 20.2. The lowest BCUT2D eigenvalue weighted by Crippen LogP contribution is -2.46. The first-order chi connectivity index (χ1) is 18.9. The zero-order chi connectivity index (χ0) is 26.9. The average Bonchev–Trinajstić information content (AvgIpc) is 3.16. The molecule has 4 aromatic rings. The van der Waals surface area contributed by atoms with Crippen molar-refractivity contribution >= 4 is 28.8 Å². The summed E-state index contributed by atoms with van der Waals surface area (Å²) < 4.78 is 1.80. The van der Waals surface area contributed by atoms with E-state index >= 15 is 0 Å². The molecule has 2 aliphatic rings. The first kappa shape index (κ1) is 24.8. The predicted molar refractivity (Wildman–Crippen MR) is 152 cm³/mol. The van der Waals surface area contributed by atoms with Crippen LogP contribution in [0, 0.1) is 0 Å². The van der Waals surface area contributed by atoms with Crippen molar-refractivity contribution in [2.75, 3.05) is 41.3 Å². The van der Waals surface area contributed by atoms with Gasteiger partial charge in [0.05, 0.1) is 30.5 Å². The van der Waals surface area contributed by atoms with Gasteiger partial charge in [0.2, 0.25) is 5.91 Å². The number of hydrogen-bond acceptors (Lipinski definition) is 7. The summed E-state index contributed by atoms with van der Waals surface area (Å²) in [7, 11) is 1.90. The Labute approximate surface area is 227 Å². The lowest BCUT2D eigenvalue weighted by atomic mass is 10.1. The first-order valence-electron chi connectivity index (χ1n) is 13.2. The molecule has 6 rings (SSSR count). The SMILES string of the molecule is Cn1ncc2c1Nc1ccccc1N(C(=O)Cc1cccc(N3CCN(Cc4cc(O)cc(O)c4)CC3)c1)C2. The molecule has 0 radical (unpaired) electrons. The highest BCUT2D eigenvalue weighted by atomic mass is 16.3. The second-order valence-corrected chi connectivity index (χ2v) is 10.2. The Bertz CT molecular complexity index is 1490. The van der Waals surface area contributed by atoms with E-state index in [0.29, 0.717) is 19.5 Å². The van der Waals surface area contributed by atoms with Gasteiger partial charge in [-0.15, -0.1) is 0 Å². The Kier molecular flexibility index (Phi) is 6.58. The van der Waals surface area contributed by atoms with Crippen molar-refractivity contribution in [1.29, 1.82) is 0 Å². The molecule has 0 atom stereocenters. The van der Waals surface area contributed by atoms with Gasteiger partial charge in [0.15, 0.2) is 0 Å². The monoisotopic (exact) mass is 524 g/mol. The van der Waals surface area contributed by atoms with Gasteiger partial charge in [-0.05, 0) is 47.5 Å². The number of nitrogens with zero attached hydrogens (tertiary/aromatic N) is 5. The number of aromatic nitrogens is 2. The Hall–Kier alpha value is -4.50. The highest BCUT2D eigenvalue weighted by Gasteiger charge is 2.26. The fourth-order valence-corrected chi connectivity index (χ4v) is 5.48. The van der Waals surface area contributed by atoms with Gasteiger partial charge in [0, 0.05) is 57.1 Å². The molecule has 3 N–H and O–H groups in total. The van der Waals surface area contributed by atoms with Crippen molar-refractivity contribution in [1.82, 2.24) is 14.7 Å².